The first-order valence-corrected chi connectivity index (χ1v) is 9.98. The van der Waals surface area contributed by atoms with Gasteiger partial charge in [-0.25, -0.2) is 9.78 Å². The summed E-state index contributed by atoms with van der Waals surface area (Å²) < 4.78 is 10.9. The first-order chi connectivity index (χ1) is 14.2. The van der Waals surface area contributed by atoms with Crippen LogP contribution in [-0.4, -0.2) is 18.1 Å². The Morgan fingerprint density at radius 1 is 0.897 bits per heavy atom. The molecule has 0 unspecified atom stereocenters. The van der Waals surface area contributed by atoms with Gasteiger partial charge in [0.25, 0.3) is 0 Å². The molecule has 4 rings (SSSR count). The molecule has 5 heteroatoms. The van der Waals surface area contributed by atoms with Crippen LogP contribution in [0.3, 0.4) is 0 Å². The summed E-state index contributed by atoms with van der Waals surface area (Å²) in [6.07, 6.45) is 0. The number of aromatic nitrogens is 1. The molecule has 0 saturated heterocycles. The van der Waals surface area contributed by atoms with Crippen molar-refractivity contribution >= 4 is 17.3 Å². The number of esters is 1. The van der Waals surface area contributed by atoms with Gasteiger partial charge in [0.15, 0.2) is 5.69 Å². The minimum atomic E-state index is -0.432. The maximum atomic E-state index is 12.9. The fourth-order valence-corrected chi connectivity index (χ4v) is 3.97. The highest BCUT2D eigenvalue weighted by Crippen LogP contribution is 2.36. The summed E-state index contributed by atoms with van der Waals surface area (Å²) in [5, 5.41) is 0.745. The molecule has 0 atom stereocenters. The second-order valence-corrected chi connectivity index (χ2v) is 7.36. The average molecular weight is 401 g/mol. The van der Waals surface area contributed by atoms with Crippen LogP contribution >= 0.6 is 11.3 Å². The zero-order chi connectivity index (χ0) is 20.1. The Morgan fingerprint density at radius 2 is 1.59 bits per heavy atom. The summed E-state index contributed by atoms with van der Waals surface area (Å²) in [6.45, 7) is 0.208. The molecule has 0 aliphatic heterocycles. The van der Waals surface area contributed by atoms with Crippen molar-refractivity contribution < 1.29 is 14.3 Å². The van der Waals surface area contributed by atoms with Gasteiger partial charge >= 0.3 is 5.97 Å². The lowest BCUT2D eigenvalue weighted by molar-refractivity contribution is 0.0467. The van der Waals surface area contributed by atoms with Gasteiger partial charge in [-0.2, -0.15) is 0 Å². The Bertz CT molecular complexity index is 1110. The van der Waals surface area contributed by atoms with Crippen LogP contribution in [0.25, 0.3) is 21.0 Å². The molecule has 3 aromatic carbocycles. The van der Waals surface area contributed by atoms with Crippen molar-refractivity contribution in [1.82, 2.24) is 4.98 Å². The van der Waals surface area contributed by atoms with Crippen LogP contribution in [0.2, 0.25) is 0 Å². The standard InChI is InChI=1S/C24H19NO3S/c1-27-20-14-8-13-19(15-20)23-25-21(22(29-23)18-11-6-3-7-12-18)24(26)28-16-17-9-4-2-5-10-17/h2-15H,16H2,1H3. The SMILES string of the molecule is COc1cccc(-c2nc(C(=O)OCc3ccccc3)c(-c3ccccc3)s2)c1. The van der Waals surface area contributed by atoms with Gasteiger partial charge < -0.3 is 9.47 Å². The fourth-order valence-electron chi connectivity index (χ4n) is 2.91. The molecule has 0 spiro atoms. The summed E-state index contributed by atoms with van der Waals surface area (Å²) >= 11 is 1.47. The van der Waals surface area contributed by atoms with E-state index in [2.05, 4.69) is 4.98 Å². The molecule has 0 N–H and O–H groups in total. The van der Waals surface area contributed by atoms with Gasteiger partial charge in [0.1, 0.15) is 17.4 Å². The van der Waals surface area contributed by atoms with E-state index in [1.807, 2.05) is 84.9 Å². The average Bonchev–Trinajstić information content (AvgIpc) is 3.24. The van der Waals surface area contributed by atoms with E-state index in [4.69, 9.17) is 9.47 Å². The van der Waals surface area contributed by atoms with Crippen LogP contribution in [0.15, 0.2) is 84.9 Å². The Balaban J connectivity index is 1.69. The van der Waals surface area contributed by atoms with E-state index in [0.29, 0.717) is 5.69 Å². The van der Waals surface area contributed by atoms with Crippen LogP contribution in [0.1, 0.15) is 16.1 Å². The summed E-state index contributed by atoms with van der Waals surface area (Å²) in [5.74, 6) is 0.310. The largest absolute Gasteiger partial charge is 0.497 e. The third-order valence-corrected chi connectivity index (χ3v) is 5.54. The molecule has 0 aliphatic carbocycles. The normalized spacial score (nSPS) is 10.5. The number of thiazole rings is 1. The summed E-state index contributed by atoms with van der Waals surface area (Å²) in [7, 11) is 1.63. The number of carbonyl (C=O) groups excluding carboxylic acids is 1. The van der Waals surface area contributed by atoms with Gasteiger partial charge in [0.2, 0.25) is 0 Å². The van der Waals surface area contributed by atoms with Gasteiger partial charge in [-0.1, -0.05) is 72.8 Å². The predicted octanol–water partition coefficient (Wildman–Crippen LogP) is 5.84. The lowest BCUT2D eigenvalue weighted by Crippen LogP contribution is -2.07. The zero-order valence-corrected chi connectivity index (χ0v) is 16.7. The molecule has 1 heterocycles. The number of ether oxygens (including phenoxy) is 2. The van der Waals surface area contributed by atoms with Crippen molar-refractivity contribution in [2.45, 2.75) is 6.61 Å². The number of hydrogen-bond donors (Lipinski definition) is 0. The van der Waals surface area contributed by atoms with E-state index in [0.717, 1.165) is 32.3 Å². The third-order valence-electron chi connectivity index (χ3n) is 4.39. The first kappa shape index (κ1) is 18.9. The number of hydrogen-bond acceptors (Lipinski definition) is 5. The summed E-state index contributed by atoms with van der Waals surface area (Å²) in [6, 6.07) is 27.0. The number of benzene rings is 3. The van der Waals surface area contributed by atoms with Crippen molar-refractivity contribution in [3.8, 4) is 26.8 Å². The second kappa shape index (κ2) is 8.71. The monoisotopic (exact) mass is 401 g/mol. The number of nitrogens with zero attached hydrogens (tertiary/aromatic N) is 1. The Kier molecular flexibility index (Phi) is 5.68. The van der Waals surface area contributed by atoms with E-state index < -0.39 is 5.97 Å². The number of rotatable bonds is 6. The highest BCUT2D eigenvalue weighted by atomic mass is 32.1. The molecule has 0 fully saturated rings. The van der Waals surface area contributed by atoms with Crippen molar-refractivity contribution in [2.75, 3.05) is 7.11 Å². The molecule has 4 aromatic rings. The molecule has 0 amide bonds. The summed E-state index contributed by atoms with van der Waals surface area (Å²) in [4.78, 5) is 18.3. The van der Waals surface area contributed by atoms with E-state index >= 15 is 0 Å². The third kappa shape index (κ3) is 4.36. The highest BCUT2D eigenvalue weighted by Gasteiger charge is 2.22. The van der Waals surface area contributed by atoms with Crippen molar-refractivity contribution in [3.63, 3.8) is 0 Å². The molecule has 0 saturated carbocycles. The van der Waals surface area contributed by atoms with Crippen LogP contribution in [-0.2, 0) is 11.3 Å². The zero-order valence-electron chi connectivity index (χ0n) is 15.9. The lowest BCUT2D eigenvalue weighted by Gasteiger charge is -2.05. The molecule has 0 radical (unpaired) electrons. The van der Waals surface area contributed by atoms with Crippen LogP contribution in [0, 0.1) is 0 Å². The molecular weight excluding hydrogens is 382 g/mol. The number of methoxy groups -OCH3 is 1. The maximum Gasteiger partial charge on any atom is 0.358 e. The molecule has 4 nitrogen and oxygen atoms in total. The van der Waals surface area contributed by atoms with Gasteiger partial charge in [-0.3, -0.25) is 0 Å². The second-order valence-electron chi connectivity index (χ2n) is 6.36. The molecule has 0 bridgehead atoms. The molecular formula is C24H19NO3S. The van der Waals surface area contributed by atoms with E-state index in [1.54, 1.807) is 7.11 Å². The van der Waals surface area contributed by atoms with Crippen molar-refractivity contribution in [3.05, 3.63) is 96.2 Å². The molecule has 29 heavy (non-hydrogen) atoms. The topological polar surface area (TPSA) is 48.4 Å². The minimum absolute atomic E-state index is 0.208. The van der Waals surface area contributed by atoms with E-state index in [9.17, 15) is 4.79 Å². The van der Waals surface area contributed by atoms with Crippen LogP contribution in [0.4, 0.5) is 0 Å². The van der Waals surface area contributed by atoms with Crippen LogP contribution in [0.5, 0.6) is 5.75 Å². The van der Waals surface area contributed by atoms with E-state index in [-0.39, 0.29) is 6.61 Å². The maximum absolute atomic E-state index is 12.9. The summed E-state index contributed by atoms with van der Waals surface area (Å²) in [5.41, 5.74) is 3.10. The van der Waals surface area contributed by atoms with Crippen LogP contribution < -0.4 is 4.74 Å². The Labute approximate surface area is 173 Å². The fraction of sp³-hybridized carbons (Fsp3) is 0.0833. The van der Waals surface area contributed by atoms with Gasteiger partial charge in [-0.15, -0.1) is 11.3 Å². The van der Waals surface area contributed by atoms with Gasteiger partial charge in [0, 0.05) is 5.56 Å². The highest BCUT2D eigenvalue weighted by molar-refractivity contribution is 7.18. The van der Waals surface area contributed by atoms with Crippen molar-refractivity contribution in [1.29, 1.82) is 0 Å². The Hall–Kier alpha value is -3.44. The molecule has 144 valence electrons. The molecule has 1 aromatic heterocycles. The molecule has 0 aliphatic rings. The smallest absolute Gasteiger partial charge is 0.358 e. The quantitative estimate of drug-likeness (QED) is 0.381. The van der Waals surface area contributed by atoms with Crippen molar-refractivity contribution in [2.24, 2.45) is 0 Å². The Morgan fingerprint density at radius 3 is 2.31 bits per heavy atom. The number of carbonyl (C=O) groups is 1. The van der Waals surface area contributed by atoms with Gasteiger partial charge in [-0.05, 0) is 23.3 Å². The minimum Gasteiger partial charge on any atom is -0.497 e. The lowest BCUT2D eigenvalue weighted by atomic mass is 10.1. The predicted molar refractivity (Wildman–Crippen MR) is 115 cm³/mol. The van der Waals surface area contributed by atoms with Gasteiger partial charge in [0.05, 0.1) is 12.0 Å². The van der Waals surface area contributed by atoms with E-state index in [1.165, 1.54) is 11.3 Å². The first-order valence-electron chi connectivity index (χ1n) is 9.16.